The molecule has 0 fully saturated rings. The molecule has 250 valence electrons. The molecule has 4 amide bonds. The van der Waals surface area contributed by atoms with Crippen LogP contribution in [0.15, 0.2) is 48.8 Å². The quantitative estimate of drug-likeness (QED) is 0.140. The van der Waals surface area contributed by atoms with Crippen molar-refractivity contribution in [2.75, 3.05) is 43.1 Å². The van der Waals surface area contributed by atoms with Gasteiger partial charge >= 0.3 is 0 Å². The van der Waals surface area contributed by atoms with Crippen LogP contribution in [0.2, 0.25) is 0 Å². The lowest BCUT2D eigenvalue weighted by Crippen LogP contribution is -2.28. The number of nitrogens with one attached hydrogen (secondary N) is 4. The molecule has 0 aliphatic rings. The average molecular weight is 665 g/mol. The van der Waals surface area contributed by atoms with E-state index in [1.807, 2.05) is 14.1 Å². The topological polar surface area (TPSA) is 142 Å². The van der Waals surface area contributed by atoms with Crippen molar-refractivity contribution in [1.29, 1.82) is 0 Å². The molecule has 0 bridgehead atoms. The molecule has 14 heteroatoms. The minimum atomic E-state index is -0.455. The Morgan fingerprint density at radius 2 is 1.45 bits per heavy atom. The van der Waals surface area contributed by atoms with Crippen molar-refractivity contribution in [3.8, 4) is 0 Å². The van der Waals surface area contributed by atoms with Gasteiger partial charge in [0.25, 0.3) is 23.6 Å². The van der Waals surface area contributed by atoms with Crippen LogP contribution in [-0.4, -0.2) is 69.8 Å². The second kappa shape index (κ2) is 15.6. The smallest absolute Gasteiger partial charge is 0.274 e. The van der Waals surface area contributed by atoms with Gasteiger partial charge in [0.1, 0.15) is 22.9 Å². The number of anilines is 3. The van der Waals surface area contributed by atoms with Crippen molar-refractivity contribution in [3.05, 3.63) is 82.1 Å². The fraction of sp³-hybridized carbons (Fsp3) is 0.364. The standard InChI is InChI=1S/C33H41FN8O4S/c1-20(2)8-13-27-28(32(46)35-14-7-15-40(3)4)38-33(47-27)39-31(45)26-17-24(19-42(26)6)37-30(44)25-16-23(18-41(25)5)36-29(43)21-9-11-22(34)12-10-21/h9-12,16-20H,7-8,13-15H2,1-6H3,(H,35,46)(H,36,43)(H,37,44)(H,38,39,45). The van der Waals surface area contributed by atoms with E-state index in [4.69, 9.17) is 0 Å². The molecule has 1 aromatic carbocycles. The molecule has 12 nitrogen and oxygen atoms in total. The van der Waals surface area contributed by atoms with E-state index in [0.29, 0.717) is 41.1 Å². The maximum atomic E-state index is 13.3. The first-order chi connectivity index (χ1) is 22.3. The third kappa shape index (κ3) is 9.59. The van der Waals surface area contributed by atoms with E-state index in [2.05, 4.69) is 45.0 Å². The summed E-state index contributed by atoms with van der Waals surface area (Å²) in [4.78, 5) is 59.3. The number of aryl methyl sites for hydroxylation is 3. The summed E-state index contributed by atoms with van der Waals surface area (Å²) >= 11 is 1.28. The molecule has 4 aromatic rings. The van der Waals surface area contributed by atoms with Crippen molar-refractivity contribution in [2.24, 2.45) is 20.0 Å². The molecule has 0 radical (unpaired) electrons. The molecule has 0 atom stereocenters. The Labute approximate surface area is 277 Å². The van der Waals surface area contributed by atoms with Crippen LogP contribution in [0, 0.1) is 11.7 Å². The SMILES string of the molecule is CC(C)CCc1sc(NC(=O)c2cc(NC(=O)c3cc(NC(=O)c4ccc(F)cc4)cn3C)cn2C)nc1C(=O)NCCCN(C)C. The van der Waals surface area contributed by atoms with Crippen LogP contribution >= 0.6 is 11.3 Å². The number of hydrogen-bond acceptors (Lipinski definition) is 7. The van der Waals surface area contributed by atoms with Crippen LogP contribution in [0.5, 0.6) is 0 Å². The molecule has 0 saturated carbocycles. The Bertz CT molecular complexity index is 1740. The monoisotopic (exact) mass is 664 g/mol. The Morgan fingerprint density at radius 3 is 2.02 bits per heavy atom. The Morgan fingerprint density at radius 1 is 0.872 bits per heavy atom. The zero-order chi connectivity index (χ0) is 34.2. The van der Waals surface area contributed by atoms with Crippen molar-refractivity contribution in [2.45, 2.75) is 33.1 Å². The third-order valence-electron chi connectivity index (χ3n) is 7.25. The fourth-order valence-corrected chi connectivity index (χ4v) is 5.70. The molecule has 4 N–H and O–H groups in total. The predicted octanol–water partition coefficient (Wildman–Crippen LogP) is 4.99. The minimum absolute atomic E-state index is 0.262. The van der Waals surface area contributed by atoms with Gasteiger partial charge in [0.15, 0.2) is 5.13 Å². The first-order valence-electron chi connectivity index (χ1n) is 15.3. The van der Waals surface area contributed by atoms with Gasteiger partial charge in [0, 0.05) is 43.5 Å². The summed E-state index contributed by atoms with van der Waals surface area (Å²) in [5, 5.41) is 11.6. The molecule has 4 rings (SSSR count). The predicted molar refractivity (Wildman–Crippen MR) is 182 cm³/mol. The van der Waals surface area contributed by atoms with Crippen LogP contribution < -0.4 is 21.3 Å². The summed E-state index contributed by atoms with van der Waals surface area (Å²) in [6.45, 7) is 5.59. The van der Waals surface area contributed by atoms with Crippen molar-refractivity contribution in [1.82, 2.24) is 24.3 Å². The molecule has 0 spiro atoms. The van der Waals surface area contributed by atoms with Crippen molar-refractivity contribution >= 4 is 51.5 Å². The van der Waals surface area contributed by atoms with E-state index in [0.717, 1.165) is 24.3 Å². The van der Waals surface area contributed by atoms with E-state index in [9.17, 15) is 23.6 Å². The lowest BCUT2D eigenvalue weighted by atomic mass is 10.1. The Hall–Kier alpha value is -4.82. The highest BCUT2D eigenvalue weighted by atomic mass is 32.1. The van der Waals surface area contributed by atoms with Crippen molar-refractivity contribution in [3.63, 3.8) is 0 Å². The van der Waals surface area contributed by atoms with Gasteiger partial charge in [0.2, 0.25) is 0 Å². The summed E-state index contributed by atoms with van der Waals surface area (Å²) in [7, 11) is 7.30. The number of rotatable bonds is 14. The highest BCUT2D eigenvalue weighted by molar-refractivity contribution is 7.16. The highest BCUT2D eigenvalue weighted by Gasteiger charge is 2.22. The van der Waals surface area contributed by atoms with Crippen molar-refractivity contribution < 1.29 is 23.6 Å². The molecule has 0 saturated heterocycles. The number of carbonyl (C=O) groups is 4. The summed E-state index contributed by atoms with van der Waals surface area (Å²) < 4.78 is 16.3. The number of amides is 4. The molecular formula is C33H41FN8O4S. The molecule has 47 heavy (non-hydrogen) atoms. The van der Waals surface area contributed by atoms with Gasteiger partial charge in [0.05, 0.1) is 11.4 Å². The fourth-order valence-electron chi connectivity index (χ4n) is 4.73. The summed E-state index contributed by atoms with van der Waals surface area (Å²) in [5.41, 5.74) is 1.90. The third-order valence-corrected chi connectivity index (χ3v) is 8.28. The van der Waals surface area contributed by atoms with Crippen LogP contribution in [0.3, 0.4) is 0 Å². The van der Waals surface area contributed by atoms with Gasteiger partial charge in [-0.05, 0) is 82.2 Å². The number of aromatic nitrogens is 3. The molecule has 0 aliphatic heterocycles. The van der Waals surface area contributed by atoms with Gasteiger partial charge in [-0.15, -0.1) is 11.3 Å². The first kappa shape index (κ1) is 35.0. The zero-order valence-electron chi connectivity index (χ0n) is 27.4. The van der Waals surface area contributed by atoms with Crippen LogP contribution in [0.25, 0.3) is 0 Å². The molecule has 3 aromatic heterocycles. The summed E-state index contributed by atoms with van der Waals surface area (Å²) in [6, 6.07) is 8.19. The van der Waals surface area contributed by atoms with E-state index < -0.39 is 23.5 Å². The second-order valence-electron chi connectivity index (χ2n) is 12.0. The van der Waals surface area contributed by atoms with Crippen LogP contribution in [-0.2, 0) is 20.5 Å². The second-order valence-corrected chi connectivity index (χ2v) is 13.0. The molecule has 3 heterocycles. The average Bonchev–Trinajstić information content (AvgIpc) is 3.70. The van der Waals surface area contributed by atoms with Gasteiger partial charge in [-0.25, -0.2) is 9.37 Å². The van der Waals surface area contributed by atoms with E-state index in [-0.39, 0.29) is 22.9 Å². The summed E-state index contributed by atoms with van der Waals surface area (Å²) in [6.07, 6.45) is 5.54. The number of nitrogens with zero attached hydrogens (tertiary/aromatic N) is 4. The number of halogens is 1. The highest BCUT2D eigenvalue weighted by Crippen LogP contribution is 2.27. The minimum Gasteiger partial charge on any atom is -0.351 e. The number of hydrogen-bond donors (Lipinski definition) is 4. The lowest BCUT2D eigenvalue weighted by Gasteiger charge is -2.10. The van der Waals surface area contributed by atoms with Gasteiger partial charge in [-0.3, -0.25) is 24.5 Å². The Kier molecular flexibility index (Phi) is 11.7. The number of carbonyl (C=O) groups excluding carboxylic acids is 4. The van der Waals surface area contributed by atoms with E-state index >= 15 is 0 Å². The Balaban J connectivity index is 1.41. The van der Waals surface area contributed by atoms with E-state index in [1.54, 1.807) is 41.7 Å². The molecular weight excluding hydrogens is 623 g/mol. The lowest BCUT2D eigenvalue weighted by molar-refractivity contribution is 0.0944. The maximum Gasteiger partial charge on any atom is 0.274 e. The van der Waals surface area contributed by atoms with E-state index in [1.165, 1.54) is 41.7 Å². The van der Waals surface area contributed by atoms with Crippen LogP contribution in [0.4, 0.5) is 20.9 Å². The zero-order valence-corrected chi connectivity index (χ0v) is 28.3. The van der Waals surface area contributed by atoms with Gasteiger partial charge in [-0.1, -0.05) is 13.8 Å². The normalized spacial score (nSPS) is 11.2. The molecule has 0 aliphatic carbocycles. The first-order valence-corrected chi connectivity index (χ1v) is 16.1. The number of thiazole rings is 1. The van der Waals surface area contributed by atoms with Gasteiger partial charge in [-0.2, -0.15) is 0 Å². The maximum absolute atomic E-state index is 13.3. The molecule has 0 unspecified atom stereocenters. The summed E-state index contributed by atoms with van der Waals surface area (Å²) in [5.74, 6) is -1.62. The van der Waals surface area contributed by atoms with Gasteiger partial charge < -0.3 is 30.0 Å². The van der Waals surface area contributed by atoms with Crippen LogP contribution in [0.1, 0.15) is 73.4 Å². The number of benzene rings is 1. The largest absolute Gasteiger partial charge is 0.351 e.